The fourth-order valence-electron chi connectivity index (χ4n) is 3.68. The van der Waals surface area contributed by atoms with Gasteiger partial charge in [-0.1, -0.05) is 35.9 Å². The number of Topliss-reactive ketones (excluding diaryl/α,β-unsaturated/α-hetero) is 1. The van der Waals surface area contributed by atoms with Crippen molar-refractivity contribution >= 4 is 34.6 Å². The molecule has 0 unspecified atom stereocenters. The number of halogens is 1. The Morgan fingerprint density at radius 3 is 2.43 bits per heavy atom. The van der Waals surface area contributed by atoms with Crippen LogP contribution in [0.25, 0.3) is 0 Å². The van der Waals surface area contributed by atoms with Crippen LogP contribution in [-0.2, 0) is 4.79 Å². The van der Waals surface area contributed by atoms with E-state index in [1.54, 1.807) is 0 Å². The van der Waals surface area contributed by atoms with Crippen molar-refractivity contribution in [3.8, 4) is 11.5 Å². The number of nitrogens with zero attached hydrogens (tertiary/aromatic N) is 3. The van der Waals surface area contributed by atoms with Crippen molar-refractivity contribution in [3.05, 3.63) is 83.4 Å². The predicted octanol–water partition coefficient (Wildman–Crippen LogP) is 5.00. The molecule has 0 amide bonds. The zero-order valence-corrected chi connectivity index (χ0v) is 16.9. The van der Waals surface area contributed by atoms with Gasteiger partial charge in [0.15, 0.2) is 29.3 Å². The first-order valence-electron chi connectivity index (χ1n) is 9.50. The fourth-order valence-corrected chi connectivity index (χ4v) is 3.80. The second-order valence-corrected chi connectivity index (χ2v) is 7.43. The third-order valence-corrected chi connectivity index (χ3v) is 5.29. The molecule has 0 bridgehead atoms. The van der Waals surface area contributed by atoms with Gasteiger partial charge in [-0.3, -0.25) is 9.69 Å². The molecular formula is C23H18ClN3O3. The SMILES string of the molecule is CC(=O)C1=NN(c2ccc(Cl)cc2)[C@H](c2ccc3c(c2)OCO3)N1c1ccccc1. The van der Waals surface area contributed by atoms with E-state index >= 15 is 0 Å². The topological polar surface area (TPSA) is 54.4 Å². The highest BCUT2D eigenvalue weighted by molar-refractivity contribution is 6.44. The van der Waals surface area contributed by atoms with Gasteiger partial charge < -0.3 is 9.47 Å². The maximum Gasteiger partial charge on any atom is 0.231 e. The summed E-state index contributed by atoms with van der Waals surface area (Å²) in [4.78, 5) is 14.5. The van der Waals surface area contributed by atoms with Crippen molar-refractivity contribution in [2.45, 2.75) is 13.1 Å². The van der Waals surface area contributed by atoms with Crippen LogP contribution in [0.5, 0.6) is 11.5 Å². The van der Waals surface area contributed by atoms with E-state index in [-0.39, 0.29) is 18.7 Å². The Hall–Kier alpha value is -3.51. The van der Waals surface area contributed by atoms with Crippen molar-refractivity contribution in [2.24, 2.45) is 5.10 Å². The molecular weight excluding hydrogens is 402 g/mol. The van der Waals surface area contributed by atoms with Crippen LogP contribution in [0.15, 0.2) is 77.9 Å². The van der Waals surface area contributed by atoms with Gasteiger partial charge in [0.2, 0.25) is 6.79 Å². The number of benzene rings is 3. The monoisotopic (exact) mass is 419 g/mol. The summed E-state index contributed by atoms with van der Waals surface area (Å²) in [7, 11) is 0. The zero-order chi connectivity index (χ0) is 20.7. The molecule has 5 rings (SSSR count). The lowest BCUT2D eigenvalue weighted by Gasteiger charge is -2.32. The van der Waals surface area contributed by atoms with Gasteiger partial charge in [-0.15, -0.1) is 5.10 Å². The van der Waals surface area contributed by atoms with Gasteiger partial charge in [0.05, 0.1) is 5.69 Å². The average molecular weight is 420 g/mol. The second-order valence-electron chi connectivity index (χ2n) is 6.99. The highest BCUT2D eigenvalue weighted by atomic mass is 35.5. The third kappa shape index (κ3) is 3.15. The van der Waals surface area contributed by atoms with Crippen molar-refractivity contribution < 1.29 is 14.3 Å². The van der Waals surface area contributed by atoms with E-state index < -0.39 is 0 Å². The minimum absolute atomic E-state index is 0.124. The first-order valence-corrected chi connectivity index (χ1v) is 9.88. The van der Waals surface area contributed by atoms with E-state index in [0.29, 0.717) is 22.4 Å². The normalized spacial score (nSPS) is 17.3. The van der Waals surface area contributed by atoms with Crippen LogP contribution in [0.3, 0.4) is 0 Å². The molecule has 1 atom stereocenters. The molecule has 2 heterocycles. The summed E-state index contributed by atoms with van der Waals surface area (Å²) >= 11 is 6.09. The van der Waals surface area contributed by atoms with E-state index in [0.717, 1.165) is 16.9 Å². The van der Waals surface area contributed by atoms with E-state index in [4.69, 9.17) is 26.2 Å². The van der Waals surface area contributed by atoms with Crippen LogP contribution >= 0.6 is 11.6 Å². The van der Waals surface area contributed by atoms with E-state index in [9.17, 15) is 4.79 Å². The number of hydrogen-bond donors (Lipinski definition) is 0. The minimum atomic E-state index is -0.387. The Morgan fingerprint density at radius 2 is 1.70 bits per heavy atom. The predicted molar refractivity (Wildman–Crippen MR) is 116 cm³/mol. The average Bonchev–Trinajstić information content (AvgIpc) is 3.39. The molecule has 30 heavy (non-hydrogen) atoms. The molecule has 2 aliphatic rings. The van der Waals surface area contributed by atoms with E-state index in [1.807, 2.05) is 82.7 Å². The van der Waals surface area contributed by atoms with Crippen LogP contribution in [0.2, 0.25) is 5.02 Å². The molecule has 6 nitrogen and oxygen atoms in total. The van der Waals surface area contributed by atoms with Crippen molar-refractivity contribution in [3.63, 3.8) is 0 Å². The number of ketones is 1. The molecule has 0 fully saturated rings. The summed E-state index contributed by atoms with van der Waals surface area (Å²) in [5.41, 5.74) is 2.60. The highest BCUT2D eigenvalue weighted by Crippen LogP contribution is 2.42. The van der Waals surface area contributed by atoms with Crippen molar-refractivity contribution in [1.82, 2.24) is 0 Å². The van der Waals surface area contributed by atoms with Gasteiger partial charge in [0.25, 0.3) is 0 Å². The van der Waals surface area contributed by atoms with Crippen LogP contribution in [-0.4, -0.2) is 18.4 Å². The summed E-state index contributed by atoms with van der Waals surface area (Å²) in [6.45, 7) is 1.72. The quantitative estimate of drug-likeness (QED) is 0.595. The number of fused-ring (bicyclic) bond motifs is 1. The number of carbonyl (C=O) groups is 1. The van der Waals surface area contributed by atoms with Crippen LogP contribution in [0.1, 0.15) is 18.7 Å². The van der Waals surface area contributed by atoms with Crippen molar-refractivity contribution in [1.29, 1.82) is 0 Å². The first kappa shape index (κ1) is 18.5. The summed E-state index contributed by atoms with van der Waals surface area (Å²) in [5, 5.41) is 7.17. The van der Waals surface area contributed by atoms with Crippen LogP contribution < -0.4 is 19.4 Å². The largest absolute Gasteiger partial charge is 0.454 e. The Labute approximate surface area is 178 Å². The number of hydrogen-bond acceptors (Lipinski definition) is 6. The standard InChI is InChI=1S/C23H18ClN3O3/c1-15(28)22-25-27(19-10-8-17(24)9-11-19)23(26(22)18-5-3-2-4-6-18)16-7-12-20-21(13-16)30-14-29-20/h2-13,23H,14H2,1H3/t23-/m1/s1. The van der Waals surface area contributed by atoms with Gasteiger partial charge in [0, 0.05) is 23.2 Å². The zero-order valence-electron chi connectivity index (χ0n) is 16.2. The smallest absolute Gasteiger partial charge is 0.231 e. The van der Waals surface area contributed by atoms with E-state index in [2.05, 4.69) is 0 Å². The molecule has 0 radical (unpaired) electrons. The Kier molecular flexibility index (Phi) is 4.56. The number of carbonyl (C=O) groups excluding carboxylic acids is 1. The molecule has 0 N–H and O–H groups in total. The molecule has 2 aliphatic heterocycles. The van der Waals surface area contributed by atoms with Gasteiger partial charge in [-0.25, -0.2) is 5.01 Å². The summed E-state index contributed by atoms with van der Waals surface area (Å²) in [5.74, 6) is 1.61. The Morgan fingerprint density at radius 1 is 0.967 bits per heavy atom. The van der Waals surface area contributed by atoms with E-state index in [1.165, 1.54) is 6.92 Å². The number of hydrazone groups is 1. The molecule has 0 aromatic heterocycles. The molecule has 0 saturated carbocycles. The maximum atomic E-state index is 12.6. The van der Waals surface area contributed by atoms with Gasteiger partial charge in [-0.05, 0) is 48.5 Å². The molecule has 3 aromatic rings. The Bertz CT molecular complexity index is 1130. The van der Waals surface area contributed by atoms with Gasteiger partial charge in [-0.2, -0.15) is 0 Å². The summed E-state index contributed by atoms with van der Waals surface area (Å²) in [6, 6.07) is 22.9. The Balaban J connectivity index is 1.68. The molecule has 3 aromatic carbocycles. The number of anilines is 2. The van der Waals surface area contributed by atoms with Crippen LogP contribution in [0, 0.1) is 0 Å². The molecule has 0 aliphatic carbocycles. The summed E-state index contributed by atoms with van der Waals surface area (Å²) in [6.07, 6.45) is -0.387. The molecule has 150 valence electrons. The lowest BCUT2D eigenvalue weighted by atomic mass is 10.1. The molecule has 0 saturated heterocycles. The second kappa shape index (κ2) is 7.39. The lowest BCUT2D eigenvalue weighted by Crippen LogP contribution is -2.37. The fraction of sp³-hybridized carbons (Fsp3) is 0.130. The maximum absolute atomic E-state index is 12.6. The first-order chi connectivity index (χ1) is 14.6. The molecule has 7 heteroatoms. The lowest BCUT2D eigenvalue weighted by molar-refractivity contribution is -0.111. The number of amidine groups is 1. The third-order valence-electron chi connectivity index (χ3n) is 5.04. The van der Waals surface area contributed by atoms with Crippen molar-refractivity contribution in [2.75, 3.05) is 16.7 Å². The number of para-hydroxylation sites is 1. The summed E-state index contributed by atoms with van der Waals surface area (Å²) < 4.78 is 11.1. The van der Waals surface area contributed by atoms with Crippen LogP contribution in [0.4, 0.5) is 11.4 Å². The minimum Gasteiger partial charge on any atom is -0.454 e. The van der Waals surface area contributed by atoms with Gasteiger partial charge in [0.1, 0.15) is 0 Å². The molecule has 0 spiro atoms. The highest BCUT2D eigenvalue weighted by Gasteiger charge is 2.39. The van der Waals surface area contributed by atoms with Gasteiger partial charge >= 0.3 is 0 Å². The number of ether oxygens (including phenoxy) is 2. The number of rotatable bonds is 4.